The lowest BCUT2D eigenvalue weighted by molar-refractivity contribution is 0.166. The number of nitrogens with zero attached hydrogens (tertiary/aromatic N) is 3. The van der Waals surface area contributed by atoms with Gasteiger partial charge < -0.3 is 20.5 Å². The first-order chi connectivity index (χ1) is 12.7. The maximum absolute atomic E-state index is 10.2. The summed E-state index contributed by atoms with van der Waals surface area (Å²) in [6, 6.07) is 4.03. The molecule has 9 heteroatoms. The van der Waals surface area contributed by atoms with Crippen LogP contribution in [0.5, 0.6) is 5.88 Å². The van der Waals surface area contributed by atoms with Crippen LogP contribution in [-0.4, -0.2) is 44.0 Å². The topological polar surface area (TPSA) is 106 Å². The van der Waals surface area contributed by atoms with Crippen molar-refractivity contribution in [2.45, 2.75) is 25.3 Å². The van der Waals surface area contributed by atoms with Gasteiger partial charge in [-0.2, -0.15) is 4.98 Å². The Morgan fingerprint density at radius 3 is 2.89 bits per heavy atom. The monoisotopic (exact) mass is 423 g/mol. The van der Waals surface area contributed by atoms with Gasteiger partial charge in [-0.25, -0.2) is 9.98 Å². The molecule has 0 spiro atoms. The number of anilines is 1. The highest BCUT2D eigenvalue weighted by molar-refractivity contribution is 6.20. The van der Waals surface area contributed by atoms with Crippen LogP contribution in [0.25, 0.3) is 11.6 Å². The van der Waals surface area contributed by atoms with Gasteiger partial charge in [0, 0.05) is 42.1 Å². The number of aromatic nitrogens is 3. The van der Waals surface area contributed by atoms with Crippen LogP contribution in [0.3, 0.4) is 0 Å². The van der Waals surface area contributed by atoms with Gasteiger partial charge in [-0.05, 0) is 49.3 Å². The largest absolute Gasteiger partial charge is 0.492 e. The van der Waals surface area contributed by atoms with Gasteiger partial charge in [0.1, 0.15) is 5.69 Å². The molecule has 2 aliphatic carbocycles. The van der Waals surface area contributed by atoms with Gasteiger partial charge in [-0.3, -0.25) is 0 Å². The number of aromatic hydroxyl groups is 1. The van der Waals surface area contributed by atoms with Crippen LogP contribution in [0.1, 0.15) is 30.5 Å². The minimum absolute atomic E-state index is 0. The highest BCUT2D eigenvalue weighted by Crippen LogP contribution is 2.49. The second kappa shape index (κ2) is 8.11. The van der Waals surface area contributed by atoms with Gasteiger partial charge in [-0.15, -0.1) is 24.8 Å². The molecule has 7 nitrogen and oxygen atoms in total. The van der Waals surface area contributed by atoms with E-state index in [2.05, 4.69) is 25.3 Å². The molecule has 1 aliphatic heterocycles. The summed E-state index contributed by atoms with van der Waals surface area (Å²) in [4.78, 5) is 15.9. The van der Waals surface area contributed by atoms with E-state index in [-0.39, 0.29) is 49.3 Å². The lowest BCUT2D eigenvalue weighted by Crippen LogP contribution is -2.37. The van der Waals surface area contributed by atoms with Crippen LogP contribution in [0.2, 0.25) is 0 Å². The molecule has 150 valence electrons. The minimum Gasteiger partial charge on any atom is -0.492 e. The minimum atomic E-state index is -0.0468. The molecule has 0 radical (unpaired) electrons. The fourth-order valence-corrected chi connectivity index (χ4v) is 4.80. The van der Waals surface area contributed by atoms with E-state index in [0.29, 0.717) is 29.3 Å². The Morgan fingerprint density at radius 2 is 2.07 bits per heavy atom. The molecule has 3 heterocycles. The van der Waals surface area contributed by atoms with Crippen LogP contribution in [0.15, 0.2) is 23.3 Å². The Bertz CT molecular complexity index is 913. The molecule has 0 amide bonds. The van der Waals surface area contributed by atoms with Crippen molar-refractivity contribution in [1.29, 1.82) is 0 Å². The quantitative estimate of drug-likeness (QED) is 0.602. The second-order valence-corrected chi connectivity index (χ2v) is 7.40. The van der Waals surface area contributed by atoms with E-state index in [4.69, 9.17) is 0 Å². The van der Waals surface area contributed by atoms with E-state index in [0.717, 1.165) is 11.1 Å². The molecular formula is C19H23Cl2N5O2. The predicted molar refractivity (Wildman–Crippen MR) is 114 cm³/mol. The first kappa shape index (κ1) is 20.6. The zero-order chi connectivity index (χ0) is 17.7. The number of fused-ring (bicyclic) bond motifs is 3. The molecule has 3 aliphatic rings. The zero-order valence-corrected chi connectivity index (χ0v) is 16.7. The summed E-state index contributed by atoms with van der Waals surface area (Å²) < 4.78 is 0. The average Bonchev–Trinajstić information content (AvgIpc) is 3.41. The molecule has 0 unspecified atom stereocenters. The van der Waals surface area contributed by atoms with Gasteiger partial charge in [-0.1, -0.05) is 0 Å². The molecule has 5 rings (SSSR count). The molecule has 2 aromatic heterocycles. The summed E-state index contributed by atoms with van der Waals surface area (Å²) in [6.07, 6.45) is 8.86. The lowest BCUT2D eigenvalue weighted by atomic mass is 9.85. The second-order valence-electron chi connectivity index (χ2n) is 7.40. The van der Waals surface area contributed by atoms with E-state index in [1.807, 2.05) is 18.2 Å². The van der Waals surface area contributed by atoms with Crippen LogP contribution < -0.4 is 5.32 Å². The predicted octanol–water partition coefficient (Wildman–Crippen LogP) is 3.43. The Kier molecular flexibility index (Phi) is 5.98. The number of aliphatic imine (C=N–C) groups is 1. The first-order valence-electron chi connectivity index (χ1n) is 9.10. The number of pyridine rings is 1. The Morgan fingerprint density at radius 1 is 1.25 bits per heavy atom. The number of aromatic amines is 1. The number of halogens is 2. The van der Waals surface area contributed by atoms with Gasteiger partial charge in [0.05, 0.1) is 0 Å². The number of hydrogen-bond donors (Lipinski definition) is 4. The van der Waals surface area contributed by atoms with Gasteiger partial charge >= 0.3 is 0 Å². The molecule has 2 fully saturated rings. The van der Waals surface area contributed by atoms with Crippen LogP contribution in [0.4, 0.5) is 11.8 Å². The van der Waals surface area contributed by atoms with Crippen LogP contribution in [0, 0.1) is 17.8 Å². The van der Waals surface area contributed by atoms with Gasteiger partial charge in [0.15, 0.2) is 5.82 Å². The number of hydrogen-bond acceptors (Lipinski definition) is 6. The third-order valence-corrected chi connectivity index (χ3v) is 6.04. The summed E-state index contributed by atoms with van der Waals surface area (Å²) in [7, 11) is 0. The van der Waals surface area contributed by atoms with Crippen LogP contribution >= 0.6 is 24.8 Å². The number of H-pyrrole nitrogens is 1. The van der Waals surface area contributed by atoms with Crippen molar-refractivity contribution in [2.75, 3.05) is 11.9 Å². The molecule has 2 bridgehead atoms. The Balaban J connectivity index is 0.00000112. The highest BCUT2D eigenvalue weighted by Gasteiger charge is 2.47. The first-order valence-corrected chi connectivity index (χ1v) is 9.10. The zero-order valence-electron chi connectivity index (χ0n) is 15.1. The molecule has 0 aromatic carbocycles. The van der Waals surface area contributed by atoms with Crippen molar-refractivity contribution in [3.05, 3.63) is 29.6 Å². The number of nitrogens with one attached hydrogen (secondary N) is 2. The molecule has 2 saturated carbocycles. The van der Waals surface area contributed by atoms with Gasteiger partial charge in [0.25, 0.3) is 0 Å². The van der Waals surface area contributed by atoms with Gasteiger partial charge in [0.2, 0.25) is 11.8 Å². The highest BCUT2D eigenvalue weighted by atomic mass is 35.5. The van der Waals surface area contributed by atoms with Crippen molar-refractivity contribution in [2.24, 2.45) is 22.7 Å². The fraction of sp³-hybridized carbons (Fsp3) is 0.421. The maximum Gasteiger partial charge on any atom is 0.238 e. The van der Waals surface area contributed by atoms with E-state index >= 15 is 0 Å². The SMILES string of the molecule is Cl.Cl.OC[C@@H]1[C@@H]2CC[C@@H](C2)[C@@H]1Nc1nc(O)c(C=C2C=Nc3ncccc32)[nH]1. The number of rotatable bonds is 4. The standard InChI is InChI=1S/C19H21N5O2.2ClH/c25-9-14-10-3-4-11(6-10)16(14)23-19-22-15(18(26)24-19)7-12-8-21-17-13(12)2-1-5-20-17;;/h1-2,5,7-8,10-11,14,16,25-26H,3-4,6,9H2,(H2,22,23,24);2*1H/t10-,11+,14-,16+;;/m1../s1. The van der Waals surface area contributed by atoms with Crippen LogP contribution in [-0.2, 0) is 0 Å². The Labute approximate surface area is 175 Å². The summed E-state index contributed by atoms with van der Waals surface area (Å²) in [5.74, 6) is 2.63. The fourth-order valence-electron chi connectivity index (χ4n) is 4.80. The number of imidazole rings is 1. The maximum atomic E-state index is 10.2. The Hall–Kier alpha value is -2.09. The third kappa shape index (κ3) is 3.38. The average molecular weight is 424 g/mol. The van der Waals surface area contributed by atoms with Crippen molar-refractivity contribution in [1.82, 2.24) is 15.0 Å². The molecule has 4 N–H and O–H groups in total. The third-order valence-electron chi connectivity index (χ3n) is 6.04. The van der Waals surface area contributed by atoms with E-state index in [9.17, 15) is 10.2 Å². The summed E-state index contributed by atoms with van der Waals surface area (Å²) in [6.45, 7) is 0.197. The number of allylic oxidation sites excluding steroid dienone is 1. The molecule has 28 heavy (non-hydrogen) atoms. The normalized spacial score (nSPS) is 28.1. The molecular weight excluding hydrogens is 401 g/mol. The summed E-state index contributed by atoms with van der Waals surface area (Å²) in [5, 5.41) is 23.4. The van der Waals surface area contributed by atoms with Crippen molar-refractivity contribution < 1.29 is 10.2 Å². The summed E-state index contributed by atoms with van der Waals surface area (Å²) in [5.41, 5.74) is 2.35. The lowest BCUT2D eigenvalue weighted by Gasteiger charge is -2.30. The van der Waals surface area contributed by atoms with E-state index in [1.165, 1.54) is 19.3 Å². The molecule has 2 aromatic rings. The number of aliphatic hydroxyl groups excluding tert-OH is 1. The summed E-state index contributed by atoms with van der Waals surface area (Å²) >= 11 is 0. The van der Waals surface area contributed by atoms with Crippen molar-refractivity contribution in [3.63, 3.8) is 0 Å². The van der Waals surface area contributed by atoms with Crippen molar-refractivity contribution >= 4 is 54.4 Å². The van der Waals surface area contributed by atoms with Crippen molar-refractivity contribution in [3.8, 4) is 5.88 Å². The number of aliphatic hydroxyl groups is 1. The smallest absolute Gasteiger partial charge is 0.238 e. The van der Waals surface area contributed by atoms with E-state index < -0.39 is 0 Å². The molecule has 4 atom stereocenters. The molecule has 0 saturated heterocycles. The van der Waals surface area contributed by atoms with E-state index in [1.54, 1.807) is 12.4 Å².